The Bertz CT molecular complexity index is 43.0. The van der Waals surface area contributed by atoms with Crippen LogP contribution in [-0.4, -0.2) is 16.7 Å². The van der Waals surface area contributed by atoms with Gasteiger partial charge in [-0.15, -0.1) is 22.2 Å². The Balaban J connectivity index is 2.95. The lowest BCUT2D eigenvalue weighted by atomic mass is 11.9. The van der Waals surface area contributed by atoms with Crippen LogP contribution in [0.2, 0.25) is 13.1 Å². The summed E-state index contributed by atoms with van der Waals surface area (Å²) in [5.74, 6) is 0. The Labute approximate surface area is 56.4 Å². The third kappa shape index (κ3) is 6.97. The summed E-state index contributed by atoms with van der Waals surface area (Å²) >= 11 is 10.7. The van der Waals surface area contributed by atoms with Crippen LogP contribution >= 0.6 is 22.2 Å². The molecule has 0 spiro atoms. The van der Waals surface area contributed by atoms with Crippen LogP contribution in [-0.2, 0) is 4.12 Å². The second kappa shape index (κ2) is 3.91. The van der Waals surface area contributed by atoms with E-state index >= 15 is 0 Å². The van der Waals surface area contributed by atoms with Gasteiger partial charge in [-0.2, -0.15) is 0 Å². The van der Waals surface area contributed by atoms with Crippen molar-refractivity contribution in [2.75, 3.05) is 0 Å². The first-order valence-corrected chi connectivity index (χ1v) is 7.63. The molecule has 0 aliphatic heterocycles. The van der Waals surface area contributed by atoms with E-state index in [0.29, 0.717) is 0 Å². The van der Waals surface area contributed by atoms with Crippen LogP contribution in [0.15, 0.2) is 0 Å². The molecule has 0 aliphatic carbocycles. The molecule has 0 rings (SSSR count). The van der Waals surface area contributed by atoms with Crippen LogP contribution in [0, 0.1) is 0 Å². The van der Waals surface area contributed by atoms with Gasteiger partial charge in [-0.25, -0.2) is 0 Å². The van der Waals surface area contributed by atoms with Gasteiger partial charge in [-0.1, -0.05) is 0 Å². The summed E-state index contributed by atoms with van der Waals surface area (Å²) < 4.78 is 4.98. The van der Waals surface area contributed by atoms with Gasteiger partial charge in [0.25, 0.3) is 0 Å². The van der Waals surface area contributed by atoms with Crippen LogP contribution in [0.25, 0.3) is 0 Å². The summed E-state index contributed by atoms with van der Waals surface area (Å²) in [4.78, 5) is 0. The van der Waals surface area contributed by atoms with Crippen LogP contribution in [0.4, 0.5) is 0 Å². The van der Waals surface area contributed by atoms with E-state index in [-0.39, 0.29) is 0 Å². The first-order valence-electron chi connectivity index (χ1n) is 1.79. The van der Waals surface area contributed by atoms with Crippen molar-refractivity contribution < 1.29 is 4.12 Å². The third-order valence-electron chi connectivity index (χ3n) is 0.281. The van der Waals surface area contributed by atoms with E-state index in [1.54, 1.807) is 0 Å². The van der Waals surface area contributed by atoms with Crippen molar-refractivity contribution in [2.45, 2.75) is 13.1 Å². The normalized spacial score (nSPS) is 11.1. The maximum absolute atomic E-state index is 5.34. The lowest BCUT2D eigenvalue weighted by Crippen LogP contribution is -2.13. The zero-order valence-corrected chi connectivity index (χ0v) is 7.68. The van der Waals surface area contributed by atoms with E-state index in [1.165, 1.54) is 0 Å². The summed E-state index contributed by atoms with van der Waals surface area (Å²) in [5.41, 5.74) is 0. The van der Waals surface area contributed by atoms with Crippen molar-refractivity contribution in [1.82, 2.24) is 0 Å². The lowest BCUT2D eigenvalue weighted by Gasteiger charge is -2.01. The molecule has 0 heterocycles. The average Bonchev–Trinajstić information content (AvgIpc) is 1.27. The highest BCUT2D eigenvalue weighted by molar-refractivity contribution is 7.31. The second-order valence-corrected chi connectivity index (χ2v) is 6.96. The minimum Gasteiger partial charge on any atom is -0.433 e. The molecule has 0 aromatic rings. The lowest BCUT2D eigenvalue weighted by molar-refractivity contribution is 0.634. The smallest absolute Gasteiger partial charge is 0.427 e. The summed E-state index contributed by atoms with van der Waals surface area (Å²) in [7, 11) is -2.10. The molecule has 0 bridgehead atoms. The summed E-state index contributed by atoms with van der Waals surface area (Å²) in [5, 5.41) is 0. The molecule has 0 aliphatic rings. The van der Waals surface area contributed by atoms with Crippen molar-refractivity contribution in [2.24, 2.45) is 0 Å². The monoisotopic (exact) mass is 172 g/mol. The van der Waals surface area contributed by atoms with Gasteiger partial charge in [0.1, 0.15) is 0 Å². The molecule has 0 saturated heterocycles. The minimum atomic E-state index is -1.44. The molecule has 0 aromatic carbocycles. The minimum absolute atomic E-state index is 0.653. The summed E-state index contributed by atoms with van der Waals surface area (Å²) in [6, 6.07) is 0. The molecule has 1 nitrogen and oxygen atoms in total. The third-order valence-corrected chi connectivity index (χ3v) is 3.92. The van der Waals surface area contributed by atoms with Crippen LogP contribution in [0.3, 0.4) is 0 Å². The highest BCUT2D eigenvalue weighted by atomic mass is 35.7. The van der Waals surface area contributed by atoms with E-state index in [1.807, 2.05) is 13.1 Å². The molecule has 0 amide bonds. The molecule has 2 radical (unpaired) electrons. The first kappa shape index (κ1) is 7.97. The van der Waals surface area contributed by atoms with Crippen molar-refractivity contribution in [3.63, 3.8) is 0 Å². The van der Waals surface area contributed by atoms with Crippen molar-refractivity contribution in [3.8, 4) is 0 Å². The molecule has 0 fully saturated rings. The molecule has 42 valence electrons. The zero-order chi connectivity index (χ0) is 5.86. The number of hydrogen-bond acceptors (Lipinski definition) is 1. The van der Waals surface area contributed by atoms with Gasteiger partial charge in [0.15, 0.2) is 9.04 Å². The van der Waals surface area contributed by atoms with Gasteiger partial charge in [0, 0.05) is 0 Å². The number of hydrogen-bond donors (Lipinski definition) is 0. The molecule has 7 heavy (non-hydrogen) atoms. The Hall–Kier alpha value is 0.974. The fourth-order valence-corrected chi connectivity index (χ4v) is 4.17. The molecule has 0 atom stereocenters. The molecule has 0 saturated carbocycles. The number of halogens is 2. The van der Waals surface area contributed by atoms with Gasteiger partial charge in [-0.05, 0) is 13.1 Å². The topological polar surface area (TPSA) is 9.23 Å². The van der Waals surface area contributed by atoms with Gasteiger partial charge in [0.2, 0.25) is 0 Å². The summed E-state index contributed by atoms with van der Waals surface area (Å²) in [6.45, 7) is 4.00. The number of rotatable bonds is 2. The largest absolute Gasteiger partial charge is 0.433 e. The molecule has 5 heteroatoms. The van der Waals surface area contributed by atoms with Crippen LogP contribution < -0.4 is 0 Å². The van der Waals surface area contributed by atoms with Crippen LogP contribution in [0.5, 0.6) is 0 Å². The Morgan fingerprint density at radius 2 is 1.71 bits per heavy atom. The molecule has 0 N–H and O–H groups in total. The Kier molecular flexibility index (Phi) is 4.46. The van der Waals surface area contributed by atoms with Gasteiger partial charge >= 0.3 is 7.66 Å². The Morgan fingerprint density at radius 1 is 1.29 bits per heavy atom. The van der Waals surface area contributed by atoms with E-state index in [9.17, 15) is 0 Å². The highest BCUT2D eigenvalue weighted by Crippen LogP contribution is 1.98. The second-order valence-electron chi connectivity index (χ2n) is 1.24. The molecule has 0 unspecified atom stereocenters. The standard InChI is InChI=1S/C2H6Cl2OSi2/c1-6(2)5-7(3)4/h1-2H3. The predicted octanol–water partition coefficient (Wildman–Crippen LogP) is 1.72. The zero-order valence-electron chi connectivity index (χ0n) is 4.16. The van der Waals surface area contributed by atoms with E-state index in [4.69, 9.17) is 26.3 Å². The van der Waals surface area contributed by atoms with E-state index in [2.05, 4.69) is 0 Å². The van der Waals surface area contributed by atoms with Gasteiger partial charge in [-0.3, -0.25) is 0 Å². The SMILES string of the molecule is C[Si](C)O[Si](Cl)Cl. The van der Waals surface area contributed by atoms with Crippen molar-refractivity contribution >= 4 is 38.9 Å². The maximum Gasteiger partial charge on any atom is 0.427 e. The first-order chi connectivity index (χ1) is 3.13. The fraction of sp³-hybridized carbons (Fsp3) is 1.00. The van der Waals surface area contributed by atoms with Crippen molar-refractivity contribution in [3.05, 3.63) is 0 Å². The van der Waals surface area contributed by atoms with Crippen LogP contribution in [0.1, 0.15) is 0 Å². The molecular formula is C2H6Cl2OSi2. The Morgan fingerprint density at radius 3 is 1.71 bits per heavy atom. The fourth-order valence-electron chi connectivity index (χ4n) is 0.154. The van der Waals surface area contributed by atoms with E-state index < -0.39 is 16.7 Å². The maximum atomic E-state index is 5.34. The average molecular weight is 173 g/mol. The predicted molar refractivity (Wildman–Crippen MR) is 36.0 cm³/mol. The van der Waals surface area contributed by atoms with Gasteiger partial charge < -0.3 is 4.12 Å². The molecule has 0 aromatic heterocycles. The summed E-state index contributed by atoms with van der Waals surface area (Å²) in [6.07, 6.45) is 0. The quantitative estimate of drug-likeness (QED) is 0.456. The van der Waals surface area contributed by atoms with Gasteiger partial charge in [0.05, 0.1) is 0 Å². The molecular weight excluding hydrogens is 167 g/mol. The van der Waals surface area contributed by atoms with E-state index in [0.717, 1.165) is 0 Å². The van der Waals surface area contributed by atoms with Crippen molar-refractivity contribution in [1.29, 1.82) is 0 Å². The highest BCUT2D eigenvalue weighted by Gasteiger charge is 2.06.